The Bertz CT molecular complexity index is 373. The summed E-state index contributed by atoms with van der Waals surface area (Å²) >= 11 is 0. The fraction of sp³-hybridized carbons (Fsp3) is 0.538. The molecule has 0 bridgehead atoms. The van der Waals surface area contributed by atoms with E-state index in [9.17, 15) is 9.50 Å². The molecule has 1 fully saturated rings. The van der Waals surface area contributed by atoms with Crippen molar-refractivity contribution in [2.75, 3.05) is 13.2 Å². The van der Waals surface area contributed by atoms with E-state index in [0.29, 0.717) is 18.8 Å². The summed E-state index contributed by atoms with van der Waals surface area (Å²) in [5.74, 6) is -0.170. The van der Waals surface area contributed by atoms with Gasteiger partial charge in [0, 0.05) is 12.8 Å². The highest BCUT2D eigenvalue weighted by Gasteiger charge is 2.17. The fourth-order valence-corrected chi connectivity index (χ4v) is 1.85. The maximum atomic E-state index is 13.7. The van der Waals surface area contributed by atoms with Gasteiger partial charge in [-0.25, -0.2) is 4.39 Å². The van der Waals surface area contributed by atoms with Crippen molar-refractivity contribution in [2.45, 2.75) is 32.0 Å². The summed E-state index contributed by atoms with van der Waals surface area (Å²) in [6.45, 7) is 2.93. The SMILES string of the molecule is C[C@H](O)c1ccc(OC2CCOCC2)c(F)c1. The van der Waals surface area contributed by atoms with Crippen LogP contribution in [-0.4, -0.2) is 24.4 Å². The maximum absolute atomic E-state index is 13.7. The Balaban J connectivity index is 2.05. The predicted molar refractivity (Wildman–Crippen MR) is 61.5 cm³/mol. The predicted octanol–water partition coefficient (Wildman–Crippen LogP) is 2.44. The standard InChI is InChI=1S/C13H17FO3/c1-9(15)10-2-3-13(12(14)8-10)17-11-4-6-16-7-5-11/h2-3,8-9,11,15H,4-7H2,1H3/t9-/m0/s1. The molecule has 17 heavy (non-hydrogen) atoms. The number of aliphatic hydroxyl groups is 1. The minimum absolute atomic E-state index is 0.0238. The average molecular weight is 240 g/mol. The quantitative estimate of drug-likeness (QED) is 0.882. The molecule has 1 atom stereocenters. The van der Waals surface area contributed by atoms with Crippen molar-refractivity contribution in [2.24, 2.45) is 0 Å². The summed E-state index contributed by atoms with van der Waals surface area (Å²) in [4.78, 5) is 0. The van der Waals surface area contributed by atoms with Gasteiger partial charge in [0.25, 0.3) is 0 Å². The summed E-state index contributed by atoms with van der Waals surface area (Å²) < 4.78 is 24.5. The van der Waals surface area contributed by atoms with E-state index in [2.05, 4.69) is 0 Å². The van der Waals surface area contributed by atoms with Crippen molar-refractivity contribution < 1.29 is 19.0 Å². The first-order valence-corrected chi connectivity index (χ1v) is 5.88. The molecule has 1 saturated heterocycles. The number of ether oxygens (including phenoxy) is 2. The van der Waals surface area contributed by atoms with E-state index in [1.165, 1.54) is 6.07 Å². The van der Waals surface area contributed by atoms with Crippen LogP contribution in [0.3, 0.4) is 0 Å². The van der Waals surface area contributed by atoms with Crippen molar-refractivity contribution in [1.29, 1.82) is 0 Å². The number of hydrogen-bond acceptors (Lipinski definition) is 3. The van der Waals surface area contributed by atoms with E-state index in [0.717, 1.165) is 12.8 Å². The molecule has 0 radical (unpaired) electrons. The molecule has 0 spiro atoms. The van der Waals surface area contributed by atoms with Crippen LogP contribution >= 0.6 is 0 Å². The van der Waals surface area contributed by atoms with Crippen LogP contribution in [0.1, 0.15) is 31.4 Å². The van der Waals surface area contributed by atoms with Gasteiger partial charge in [-0.3, -0.25) is 0 Å². The second-order valence-corrected chi connectivity index (χ2v) is 4.30. The van der Waals surface area contributed by atoms with E-state index in [1.54, 1.807) is 19.1 Å². The zero-order valence-electron chi connectivity index (χ0n) is 9.86. The van der Waals surface area contributed by atoms with Crippen molar-refractivity contribution >= 4 is 0 Å². The molecule has 1 aromatic rings. The first-order chi connectivity index (χ1) is 8.16. The van der Waals surface area contributed by atoms with E-state index >= 15 is 0 Å². The molecule has 1 aliphatic heterocycles. The number of hydrogen-bond donors (Lipinski definition) is 1. The molecule has 4 heteroatoms. The van der Waals surface area contributed by atoms with Crippen LogP contribution in [-0.2, 0) is 4.74 Å². The Morgan fingerprint density at radius 3 is 2.71 bits per heavy atom. The third-order valence-corrected chi connectivity index (χ3v) is 2.90. The highest BCUT2D eigenvalue weighted by molar-refractivity contribution is 5.30. The molecule has 1 N–H and O–H groups in total. The molecule has 1 aliphatic rings. The number of benzene rings is 1. The Kier molecular flexibility index (Phi) is 3.97. The normalized spacial score (nSPS) is 19.0. The van der Waals surface area contributed by atoms with Crippen LogP contribution in [0.2, 0.25) is 0 Å². The monoisotopic (exact) mass is 240 g/mol. The van der Waals surface area contributed by atoms with Crippen molar-refractivity contribution in [3.05, 3.63) is 29.6 Å². The van der Waals surface area contributed by atoms with Gasteiger partial charge in [-0.05, 0) is 24.6 Å². The van der Waals surface area contributed by atoms with Gasteiger partial charge >= 0.3 is 0 Å². The first kappa shape index (κ1) is 12.3. The van der Waals surface area contributed by atoms with Crippen molar-refractivity contribution in [3.63, 3.8) is 0 Å². The van der Waals surface area contributed by atoms with Crippen LogP contribution < -0.4 is 4.74 Å². The molecule has 0 aliphatic carbocycles. The molecule has 0 unspecified atom stereocenters. The lowest BCUT2D eigenvalue weighted by molar-refractivity contribution is 0.0240. The van der Waals surface area contributed by atoms with E-state index in [-0.39, 0.29) is 11.9 Å². The van der Waals surface area contributed by atoms with Gasteiger partial charge in [-0.2, -0.15) is 0 Å². The molecule has 1 aromatic carbocycles. The maximum Gasteiger partial charge on any atom is 0.165 e. The van der Waals surface area contributed by atoms with Gasteiger partial charge in [-0.15, -0.1) is 0 Å². The first-order valence-electron chi connectivity index (χ1n) is 5.88. The van der Waals surface area contributed by atoms with Gasteiger partial charge in [0.05, 0.1) is 19.3 Å². The van der Waals surface area contributed by atoms with E-state index in [1.807, 2.05) is 0 Å². The zero-order chi connectivity index (χ0) is 12.3. The Morgan fingerprint density at radius 1 is 1.41 bits per heavy atom. The number of aliphatic hydroxyl groups excluding tert-OH is 1. The number of halogens is 1. The second kappa shape index (κ2) is 5.47. The minimum Gasteiger partial charge on any atom is -0.487 e. The second-order valence-electron chi connectivity index (χ2n) is 4.30. The minimum atomic E-state index is -0.665. The highest BCUT2D eigenvalue weighted by atomic mass is 19.1. The molecule has 1 heterocycles. The number of rotatable bonds is 3. The van der Waals surface area contributed by atoms with Gasteiger partial charge < -0.3 is 14.6 Å². The third kappa shape index (κ3) is 3.17. The van der Waals surface area contributed by atoms with Crippen LogP contribution in [0.4, 0.5) is 4.39 Å². The van der Waals surface area contributed by atoms with Gasteiger partial charge in [0.2, 0.25) is 0 Å². The van der Waals surface area contributed by atoms with Gasteiger partial charge in [-0.1, -0.05) is 6.07 Å². The molecule has 2 rings (SSSR count). The summed E-state index contributed by atoms with van der Waals surface area (Å²) in [5, 5.41) is 9.34. The van der Waals surface area contributed by atoms with E-state index < -0.39 is 11.9 Å². The highest BCUT2D eigenvalue weighted by Crippen LogP contribution is 2.24. The summed E-state index contributed by atoms with van der Waals surface area (Å²) in [7, 11) is 0. The zero-order valence-corrected chi connectivity index (χ0v) is 9.86. The Morgan fingerprint density at radius 2 is 2.12 bits per heavy atom. The average Bonchev–Trinajstić information content (AvgIpc) is 2.33. The Hall–Kier alpha value is -1.13. The van der Waals surface area contributed by atoms with Crippen LogP contribution in [0.25, 0.3) is 0 Å². The van der Waals surface area contributed by atoms with Gasteiger partial charge in [0.1, 0.15) is 6.10 Å². The molecule has 0 saturated carbocycles. The molecular formula is C13H17FO3. The molecule has 3 nitrogen and oxygen atoms in total. The summed E-state index contributed by atoms with van der Waals surface area (Å²) in [6, 6.07) is 4.58. The third-order valence-electron chi connectivity index (χ3n) is 2.90. The lowest BCUT2D eigenvalue weighted by atomic mass is 10.1. The molecular weight excluding hydrogens is 223 g/mol. The summed E-state index contributed by atoms with van der Waals surface area (Å²) in [5.41, 5.74) is 0.557. The van der Waals surface area contributed by atoms with Crippen LogP contribution in [0, 0.1) is 5.82 Å². The lowest BCUT2D eigenvalue weighted by Crippen LogP contribution is -2.26. The van der Waals surface area contributed by atoms with E-state index in [4.69, 9.17) is 9.47 Å². The Labute approximate surface area is 100 Å². The van der Waals surface area contributed by atoms with Crippen molar-refractivity contribution in [1.82, 2.24) is 0 Å². The topological polar surface area (TPSA) is 38.7 Å². The molecule has 94 valence electrons. The largest absolute Gasteiger partial charge is 0.487 e. The fourth-order valence-electron chi connectivity index (χ4n) is 1.85. The molecule has 0 amide bonds. The van der Waals surface area contributed by atoms with Crippen LogP contribution in [0.5, 0.6) is 5.75 Å². The van der Waals surface area contributed by atoms with Gasteiger partial charge in [0.15, 0.2) is 11.6 Å². The summed E-state index contributed by atoms with van der Waals surface area (Å²) in [6.07, 6.45) is 0.937. The lowest BCUT2D eigenvalue weighted by Gasteiger charge is -2.23. The van der Waals surface area contributed by atoms with Crippen LogP contribution in [0.15, 0.2) is 18.2 Å². The molecule has 0 aromatic heterocycles. The van der Waals surface area contributed by atoms with Crippen molar-refractivity contribution in [3.8, 4) is 5.75 Å². The smallest absolute Gasteiger partial charge is 0.165 e.